The highest BCUT2D eigenvalue weighted by Crippen LogP contribution is 2.35. The number of anilines is 2. The smallest absolute Gasteiger partial charge is 0.324 e. The number of carbonyl (C=O) groups excluding carboxylic acids is 2. The molecule has 0 aliphatic carbocycles. The Morgan fingerprint density at radius 2 is 1.81 bits per heavy atom. The van der Waals surface area contributed by atoms with Gasteiger partial charge in [0.15, 0.2) is 11.6 Å². The maximum atomic E-state index is 14.4. The van der Waals surface area contributed by atoms with Crippen LogP contribution in [0.1, 0.15) is 91.8 Å². The minimum atomic E-state index is -2.96. The zero-order valence-corrected chi connectivity index (χ0v) is 28.5. The Labute approximate surface area is 275 Å². The molecular formula is C33H49F2N7O5. The number of esters is 1. The van der Waals surface area contributed by atoms with Gasteiger partial charge in [-0.05, 0) is 51.9 Å². The van der Waals surface area contributed by atoms with Crippen molar-refractivity contribution in [2.24, 2.45) is 17.8 Å². The summed E-state index contributed by atoms with van der Waals surface area (Å²) in [7, 11) is 0. The molecule has 12 nitrogen and oxygen atoms in total. The third-order valence-corrected chi connectivity index (χ3v) is 9.38. The first-order chi connectivity index (χ1) is 22.2. The standard InChI is InChI=1S/C33H49F2N7O5/c1-21(2)29-38-31(47-39-29)40-12-8-23(9-13-40)22(3)10-14-45-25-16-36-30(37-17-25)41-18-24(15-28(44)46-32(4,5)6)26(19-41)42-20-33(34,35)11-7-27(42)43/h16-17,21-24,26H,7-15,18-20H2,1-6H3/t22-,24+,26+/m1/s1. The highest BCUT2D eigenvalue weighted by Gasteiger charge is 2.47. The lowest BCUT2D eigenvalue weighted by molar-refractivity contribution is -0.159. The normalized spacial score (nSPS) is 23.0. The van der Waals surface area contributed by atoms with Gasteiger partial charge in [-0.3, -0.25) is 9.59 Å². The van der Waals surface area contributed by atoms with Crippen LogP contribution in [0.15, 0.2) is 16.9 Å². The van der Waals surface area contributed by atoms with Crippen molar-refractivity contribution in [1.82, 2.24) is 25.0 Å². The highest BCUT2D eigenvalue weighted by molar-refractivity contribution is 5.78. The monoisotopic (exact) mass is 661 g/mol. The number of alkyl halides is 2. The Morgan fingerprint density at radius 1 is 1.11 bits per heavy atom. The fourth-order valence-corrected chi connectivity index (χ4v) is 6.72. The van der Waals surface area contributed by atoms with Crippen LogP contribution in [0.3, 0.4) is 0 Å². The first-order valence-electron chi connectivity index (χ1n) is 16.8. The van der Waals surface area contributed by atoms with Crippen molar-refractivity contribution < 1.29 is 32.4 Å². The maximum absolute atomic E-state index is 14.4. The number of halogens is 2. The molecule has 2 aromatic heterocycles. The zero-order chi connectivity index (χ0) is 33.9. The first kappa shape index (κ1) is 34.7. The van der Waals surface area contributed by atoms with Gasteiger partial charge in [-0.25, -0.2) is 18.7 Å². The largest absolute Gasteiger partial charge is 0.490 e. The molecule has 0 aromatic carbocycles. The van der Waals surface area contributed by atoms with Crippen molar-refractivity contribution in [1.29, 1.82) is 0 Å². The van der Waals surface area contributed by atoms with E-state index in [1.54, 1.807) is 33.2 Å². The number of nitrogens with zero attached hydrogens (tertiary/aromatic N) is 7. The molecule has 0 radical (unpaired) electrons. The second-order valence-corrected chi connectivity index (χ2v) is 14.6. The summed E-state index contributed by atoms with van der Waals surface area (Å²) in [6.07, 6.45) is 5.52. The predicted octanol–water partition coefficient (Wildman–Crippen LogP) is 5.10. The van der Waals surface area contributed by atoms with Crippen LogP contribution in [0.25, 0.3) is 0 Å². The van der Waals surface area contributed by atoms with Gasteiger partial charge in [-0.2, -0.15) is 4.98 Å². The quantitative estimate of drug-likeness (QED) is 0.299. The molecule has 0 saturated carbocycles. The second kappa shape index (κ2) is 14.3. The van der Waals surface area contributed by atoms with E-state index >= 15 is 0 Å². The van der Waals surface area contributed by atoms with E-state index in [9.17, 15) is 18.4 Å². The lowest BCUT2D eigenvalue weighted by Gasteiger charge is -2.38. The summed E-state index contributed by atoms with van der Waals surface area (Å²) in [4.78, 5) is 44.3. The molecule has 2 aromatic rings. The lowest BCUT2D eigenvalue weighted by atomic mass is 9.84. The molecule has 0 bridgehead atoms. The fraction of sp³-hybridized carbons (Fsp3) is 0.758. The van der Waals surface area contributed by atoms with Crippen LogP contribution in [0.4, 0.5) is 20.7 Å². The molecule has 0 N–H and O–H groups in total. The van der Waals surface area contributed by atoms with Gasteiger partial charge in [0.2, 0.25) is 11.9 Å². The molecule has 0 spiro atoms. The number of hydrogen-bond acceptors (Lipinski definition) is 11. The molecule has 3 saturated heterocycles. The van der Waals surface area contributed by atoms with Crippen molar-refractivity contribution >= 4 is 23.8 Å². The Morgan fingerprint density at radius 3 is 2.45 bits per heavy atom. The number of amides is 1. The number of rotatable bonds is 11. The van der Waals surface area contributed by atoms with E-state index in [4.69, 9.17) is 14.0 Å². The van der Waals surface area contributed by atoms with Gasteiger partial charge in [-0.1, -0.05) is 25.9 Å². The van der Waals surface area contributed by atoms with Crippen molar-refractivity contribution in [2.75, 3.05) is 49.1 Å². The minimum Gasteiger partial charge on any atom is -0.490 e. The predicted molar refractivity (Wildman–Crippen MR) is 170 cm³/mol. The average molecular weight is 662 g/mol. The first-order valence-corrected chi connectivity index (χ1v) is 16.8. The van der Waals surface area contributed by atoms with E-state index in [2.05, 4.69) is 31.9 Å². The van der Waals surface area contributed by atoms with Gasteiger partial charge in [0, 0.05) is 50.9 Å². The molecule has 14 heteroatoms. The lowest BCUT2D eigenvalue weighted by Crippen LogP contribution is -2.53. The maximum Gasteiger partial charge on any atom is 0.324 e. The minimum absolute atomic E-state index is 0.00219. The van der Waals surface area contributed by atoms with E-state index in [1.807, 2.05) is 18.7 Å². The van der Waals surface area contributed by atoms with Crippen LogP contribution in [-0.4, -0.2) is 93.8 Å². The van der Waals surface area contributed by atoms with Gasteiger partial charge in [0.25, 0.3) is 5.92 Å². The van der Waals surface area contributed by atoms with Crippen molar-refractivity contribution in [3.63, 3.8) is 0 Å². The summed E-state index contributed by atoms with van der Waals surface area (Å²) in [5.74, 6) is -1.17. The van der Waals surface area contributed by atoms with Crippen LogP contribution in [0.5, 0.6) is 5.75 Å². The van der Waals surface area contributed by atoms with Gasteiger partial charge in [-0.15, -0.1) is 0 Å². The van der Waals surface area contributed by atoms with Gasteiger partial charge in [0.05, 0.1) is 38.0 Å². The topological polar surface area (TPSA) is 127 Å². The summed E-state index contributed by atoms with van der Waals surface area (Å²) < 4.78 is 45.7. The van der Waals surface area contributed by atoms with Gasteiger partial charge >= 0.3 is 12.0 Å². The second-order valence-electron chi connectivity index (χ2n) is 14.6. The third-order valence-electron chi connectivity index (χ3n) is 9.38. The summed E-state index contributed by atoms with van der Waals surface area (Å²) >= 11 is 0. The Balaban J connectivity index is 1.12. The third kappa shape index (κ3) is 9.07. The summed E-state index contributed by atoms with van der Waals surface area (Å²) in [5.41, 5.74) is -0.679. The number of aromatic nitrogens is 4. The zero-order valence-electron chi connectivity index (χ0n) is 28.5. The molecule has 3 fully saturated rings. The molecule has 260 valence electrons. The molecule has 0 unspecified atom stereocenters. The Kier molecular flexibility index (Phi) is 10.5. The number of hydrogen-bond donors (Lipinski definition) is 0. The molecule has 47 heavy (non-hydrogen) atoms. The van der Waals surface area contributed by atoms with Crippen molar-refractivity contribution in [3.8, 4) is 5.75 Å². The molecule has 3 aliphatic rings. The number of likely N-dealkylation sites (tertiary alicyclic amines) is 1. The molecular weight excluding hydrogens is 612 g/mol. The van der Waals surface area contributed by atoms with Crippen LogP contribution in [0, 0.1) is 17.8 Å². The van der Waals surface area contributed by atoms with E-state index in [0.29, 0.717) is 42.7 Å². The molecule has 3 atom stereocenters. The average Bonchev–Trinajstić information content (AvgIpc) is 3.66. The van der Waals surface area contributed by atoms with Crippen molar-refractivity contribution in [3.05, 3.63) is 18.2 Å². The summed E-state index contributed by atoms with van der Waals surface area (Å²) in [6.45, 7) is 13.9. The number of piperidine rings is 2. The number of ether oxygens (including phenoxy) is 2. The molecule has 3 aliphatic heterocycles. The van der Waals surface area contributed by atoms with Crippen LogP contribution in [-0.2, 0) is 14.3 Å². The molecule has 1 amide bonds. The van der Waals surface area contributed by atoms with Gasteiger partial charge < -0.3 is 28.7 Å². The van der Waals surface area contributed by atoms with E-state index < -0.39 is 42.4 Å². The van der Waals surface area contributed by atoms with Crippen molar-refractivity contribution in [2.45, 2.75) is 104 Å². The van der Waals surface area contributed by atoms with E-state index in [0.717, 1.165) is 38.2 Å². The highest BCUT2D eigenvalue weighted by atomic mass is 19.3. The Bertz CT molecular complexity index is 1360. The SMILES string of the molecule is CC(C)c1noc(N2CCC([C@H](C)CCOc3cnc(N4C[C@H](CC(=O)OC(C)(C)C)[C@@H](N5CC(F)(F)CCC5=O)C4)nc3)CC2)n1. The number of carbonyl (C=O) groups is 2. The fourth-order valence-electron chi connectivity index (χ4n) is 6.72. The summed E-state index contributed by atoms with van der Waals surface area (Å²) in [5, 5.41) is 4.08. The molecule has 5 rings (SSSR count). The van der Waals surface area contributed by atoms with Crippen LogP contribution in [0.2, 0.25) is 0 Å². The molecule has 5 heterocycles. The van der Waals surface area contributed by atoms with Crippen LogP contribution >= 0.6 is 0 Å². The Hall–Kier alpha value is -3.58. The van der Waals surface area contributed by atoms with Gasteiger partial charge in [0.1, 0.15) is 5.60 Å². The summed E-state index contributed by atoms with van der Waals surface area (Å²) in [6, 6.07) is 0.0229. The van der Waals surface area contributed by atoms with E-state index in [1.165, 1.54) is 4.90 Å². The van der Waals surface area contributed by atoms with E-state index in [-0.39, 0.29) is 31.2 Å². The van der Waals surface area contributed by atoms with Crippen LogP contribution < -0.4 is 14.5 Å².